The number of hydrogen-bond donors (Lipinski definition) is 3. The molecule has 14 nitrogen and oxygen atoms in total. The lowest BCUT2D eigenvalue weighted by Gasteiger charge is -2.41. The molecule has 0 bridgehead atoms. The first-order valence-corrected chi connectivity index (χ1v) is 21.4. The van der Waals surface area contributed by atoms with Crippen LogP contribution in [0.3, 0.4) is 0 Å². The van der Waals surface area contributed by atoms with E-state index in [-0.39, 0.29) is 53.8 Å². The third kappa shape index (κ3) is 7.38. The summed E-state index contributed by atoms with van der Waals surface area (Å²) in [6, 6.07) is 10.1. The van der Waals surface area contributed by atoms with E-state index in [4.69, 9.17) is 4.74 Å². The van der Waals surface area contributed by atoms with Gasteiger partial charge in [-0.2, -0.15) is 10.1 Å². The fourth-order valence-corrected chi connectivity index (χ4v) is 9.88. The average molecular weight is 857 g/mol. The van der Waals surface area contributed by atoms with Crippen molar-refractivity contribution >= 4 is 56.8 Å². The van der Waals surface area contributed by atoms with Gasteiger partial charge in [0, 0.05) is 69.5 Å². The Kier molecular flexibility index (Phi) is 9.90. The van der Waals surface area contributed by atoms with Crippen molar-refractivity contribution in [1.29, 1.82) is 0 Å². The summed E-state index contributed by atoms with van der Waals surface area (Å²) < 4.78 is 70.6. The summed E-state index contributed by atoms with van der Waals surface area (Å²) in [4.78, 5) is 50.3. The van der Waals surface area contributed by atoms with Gasteiger partial charge in [-0.05, 0) is 86.9 Å². The highest BCUT2D eigenvalue weighted by Crippen LogP contribution is 2.46. The van der Waals surface area contributed by atoms with Crippen molar-refractivity contribution in [2.75, 3.05) is 54.9 Å². The molecule has 4 fully saturated rings. The van der Waals surface area contributed by atoms with Crippen LogP contribution in [-0.2, 0) is 23.7 Å². The highest BCUT2D eigenvalue weighted by Gasteiger charge is 2.51. The van der Waals surface area contributed by atoms with Crippen molar-refractivity contribution < 1.29 is 31.9 Å². The van der Waals surface area contributed by atoms with Gasteiger partial charge in [0.1, 0.15) is 5.67 Å². The number of nitrogens with zero attached hydrogens (tertiary/aromatic N) is 7. The summed E-state index contributed by atoms with van der Waals surface area (Å²) in [6.45, 7) is 1.61. The van der Waals surface area contributed by atoms with E-state index in [0.717, 1.165) is 43.0 Å². The van der Waals surface area contributed by atoms with Gasteiger partial charge in [0.2, 0.25) is 23.5 Å². The van der Waals surface area contributed by atoms with Crippen LogP contribution in [0.15, 0.2) is 47.4 Å². The Morgan fingerprint density at radius 2 is 1.69 bits per heavy atom. The van der Waals surface area contributed by atoms with E-state index >= 15 is 17.6 Å². The summed E-state index contributed by atoms with van der Waals surface area (Å²) in [5.41, 5.74) is 1.95. The van der Waals surface area contributed by atoms with Crippen LogP contribution in [-0.4, -0.2) is 98.0 Å². The fraction of sp³-hybridized carbons (Fsp3) is 0.500. The van der Waals surface area contributed by atoms with Gasteiger partial charge in [0.15, 0.2) is 18.2 Å². The topological polar surface area (TPSA) is 152 Å². The number of rotatable bonds is 8. The first-order valence-electron chi connectivity index (χ1n) is 21.4. The molecule has 10 rings (SSSR count). The molecular formula is C44H48F4N10O4. The second kappa shape index (κ2) is 15.2. The van der Waals surface area contributed by atoms with Crippen molar-refractivity contribution in [3.63, 3.8) is 0 Å². The maximum absolute atomic E-state index is 16.4. The van der Waals surface area contributed by atoms with Crippen molar-refractivity contribution in [3.05, 3.63) is 70.0 Å². The van der Waals surface area contributed by atoms with E-state index in [2.05, 4.69) is 48.0 Å². The largest absolute Gasteiger partial charge is 0.480 e. The lowest BCUT2D eigenvalue weighted by atomic mass is 9.86. The summed E-state index contributed by atoms with van der Waals surface area (Å²) in [6.07, 6.45) is 5.39. The van der Waals surface area contributed by atoms with Crippen LogP contribution >= 0.6 is 0 Å². The Bertz CT molecular complexity index is 2670. The zero-order valence-corrected chi connectivity index (χ0v) is 34.5. The molecule has 4 aliphatic heterocycles. The molecule has 326 valence electrons. The highest BCUT2D eigenvalue weighted by molar-refractivity contribution is 6.02. The normalized spacial score (nSPS) is 23.1. The third-order valence-electron chi connectivity index (χ3n) is 13.6. The zero-order valence-electron chi connectivity index (χ0n) is 34.5. The maximum Gasteiger partial charge on any atom is 0.301 e. The Morgan fingerprint density at radius 3 is 2.44 bits per heavy atom. The standard InChI is InChI=1S/C44H48F4N10O4/c1-55-32-9-6-27(20-30(32)36-37(41(55)61)62-23-44(47,48)38(52-36)25-3-4-25)50-39-31(45)21-49-42(53-39)58-17-13-43(46,14-18-58)22-57-15-11-24(12-16-57)26-5-7-28-33(19-26)56(2)54-35(28)29-8-10-34(59)51-40(29)60/h5-7,9,19-21,24-25,29,38,52H,3-4,8,10-18,22-23H2,1-2H3,(H,49,50,53)(H,51,59,60)/t29?,38-/m0/s1. The molecule has 7 heterocycles. The van der Waals surface area contributed by atoms with Crippen molar-refractivity contribution in [2.24, 2.45) is 20.0 Å². The lowest BCUT2D eigenvalue weighted by molar-refractivity contribution is -0.134. The number of amides is 2. The van der Waals surface area contributed by atoms with Crippen LogP contribution in [0.1, 0.15) is 74.5 Å². The van der Waals surface area contributed by atoms with E-state index in [9.17, 15) is 14.4 Å². The molecule has 18 heteroatoms. The first kappa shape index (κ1) is 40.3. The summed E-state index contributed by atoms with van der Waals surface area (Å²) >= 11 is 0. The number of halogens is 4. The molecule has 5 aromatic rings. The van der Waals surface area contributed by atoms with Crippen LogP contribution in [0.25, 0.3) is 21.8 Å². The van der Waals surface area contributed by atoms with Gasteiger partial charge in [-0.3, -0.25) is 24.4 Å². The number of alkyl halides is 3. The quantitative estimate of drug-likeness (QED) is 0.124. The van der Waals surface area contributed by atoms with E-state index in [1.165, 1.54) is 10.1 Å². The Labute approximate surface area is 354 Å². The maximum atomic E-state index is 16.4. The third-order valence-corrected chi connectivity index (χ3v) is 13.6. The predicted molar refractivity (Wildman–Crippen MR) is 225 cm³/mol. The minimum Gasteiger partial charge on any atom is -0.480 e. The van der Waals surface area contributed by atoms with Gasteiger partial charge in [0.25, 0.3) is 5.56 Å². The number of benzene rings is 2. The van der Waals surface area contributed by atoms with Gasteiger partial charge in [-0.15, -0.1) is 0 Å². The van der Waals surface area contributed by atoms with Gasteiger partial charge in [-0.25, -0.2) is 22.5 Å². The second-order valence-electron chi connectivity index (χ2n) is 17.8. The number of pyridine rings is 1. The number of aryl methyl sites for hydroxylation is 2. The van der Waals surface area contributed by atoms with Crippen LogP contribution in [0.4, 0.5) is 40.7 Å². The number of aromatic nitrogens is 5. The van der Waals surface area contributed by atoms with Crippen LogP contribution in [0, 0.1) is 11.7 Å². The van der Waals surface area contributed by atoms with Crippen molar-refractivity contribution in [2.45, 2.75) is 80.8 Å². The number of imide groups is 1. The molecule has 2 amide bonds. The molecule has 5 aliphatic rings. The minimum absolute atomic E-state index is 0.103. The van der Waals surface area contributed by atoms with Crippen LogP contribution in [0.5, 0.6) is 5.75 Å². The molecule has 1 aliphatic carbocycles. The molecule has 3 aromatic heterocycles. The van der Waals surface area contributed by atoms with Gasteiger partial charge < -0.3 is 29.7 Å². The first-order chi connectivity index (χ1) is 29.7. The molecule has 0 spiro atoms. The number of fused-ring (bicyclic) bond motifs is 4. The SMILES string of the molecule is Cn1nc(C2CCC(=O)NC2=O)c2ccc(C3CCN(CC4(F)CCN(c5ncc(F)c(Nc6ccc7c(c6)c6c(c(=O)n7C)OCC(F)(F)[C@H](C7CC7)N6)n5)CC4)CC3)cc21. The highest BCUT2D eigenvalue weighted by atomic mass is 19.3. The molecule has 62 heavy (non-hydrogen) atoms. The lowest BCUT2D eigenvalue weighted by Crippen LogP contribution is -2.50. The van der Waals surface area contributed by atoms with Crippen molar-refractivity contribution in [1.82, 2.24) is 34.5 Å². The van der Waals surface area contributed by atoms with Gasteiger partial charge in [0.05, 0.1) is 40.6 Å². The number of likely N-dealkylation sites (tertiary alicyclic amines) is 1. The molecule has 1 unspecified atom stereocenters. The van der Waals surface area contributed by atoms with E-state index in [1.807, 2.05) is 18.0 Å². The average Bonchev–Trinajstić information content (AvgIpc) is 4.06. The van der Waals surface area contributed by atoms with E-state index < -0.39 is 41.5 Å². The molecule has 3 saturated heterocycles. The van der Waals surface area contributed by atoms with Crippen LogP contribution < -0.4 is 31.1 Å². The molecule has 2 aromatic carbocycles. The smallest absolute Gasteiger partial charge is 0.301 e. The molecular weight excluding hydrogens is 809 g/mol. The number of hydrogen-bond acceptors (Lipinski definition) is 11. The predicted octanol–water partition coefficient (Wildman–Crippen LogP) is 6.02. The number of carbonyl (C=O) groups is 2. The minimum atomic E-state index is -3.18. The van der Waals surface area contributed by atoms with Gasteiger partial charge in [-0.1, -0.05) is 12.1 Å². The zero-order chi connectivity index (χ0) is 43.1. The summed E-state index contributed by atoms with van der Waals surface area (Å²) in [7, 11) is 3.41. The fourth-order valence-electron chi connectivity index (χ4n) is 9.88. The monoisotopic (exact) mass is 856 g/mol. The van der Waals surface area contributed by atoms with Gasteiger partial charge >= 0.3 is 5.92 Å². The number of anilines is 4. The Hall–Kier alpha value is -5.78. The number of carbonyl (C=O) groups excluding carboxylic acids is 2. The molecule has 2 atom stereocenters. The van der Waals surface area contributed by atoms with E-state index in [0.29, 0.717) is 73.5 Å². The number of piperidine rings is 3. The Balaban J connectivity index is 0.777. The number of nitrogens with one attached hydrogen (secondary N) is 3. The summed E-state index contributed by atoms with van der Waals surface area (Å²) in [5, 5.41) is 14.5. The molecule has 3 N–H and O–H groups in total. The van der Waals surface area contributed by atoms with E-state index in [1.54, 1.807) is 29.9 Å². The number of ether oxygens (including phenoxy) is 1. The van der Waals surface area contributed by atoms with Crippen molar-refractivity contribution in [3.8, 4) is 5.75 Å². The molecule has 1 saturated carbocycles. The molecule has 0 radical (unpaired) electrons. The second-order valence-corrected chi connectivity index (χ2v) is 17.8. The van der Waals surface area contributed by atoms with Crippen LogP contribution in [0.2, 0.25) is 0 Å². The Morgan fingerprint density at radius 1 is 0.919 bits per heavy atom. The summed E-state index contributed by atoms with van der Waals surface area (Å²) in [5.74, 6) is -4.87.